The molecular weight excluding hydrogens is 493 g/mol. The molecule has 9 nitrogen and oxygen atoms in total. The normalized spacial score (nSPS) is 12.0. The SMILES string of the molecule is CNc1cc2ccn(-c3ccc(C(=O)NC(c4nn[nH]n4)c4ccc(Cl)s4)cc3)c(=O)c2cc1F. The Morgan fingerprint density at radius 2 is 1.97 bits per heavy atom. The number of nitrogens with one attached hydrogen (secondary N) is 3. The highest BCUT2D eigenvalue weighted by Crippen LogP contribution is 2.29. The van der Waals surface area contributed by atoms with Gasteiger partial charge >= 0.3 is 0 Å². The minimum atomic E-state index is -0.640. The molecule has 5 rings (SSSR count). The number of pyridine rings is 1. The second-order valence-electron chi connectivity index (χ2n) is 7.53. The van der Waals surface area contributed by atoms with Gasteiger partial charge in [0.15, 0.2) is 0 Å². The first-order valence-corrected chi connectivity index (χ1v) is 11.6. The number of anilines is 1. The number of carbonyl (C=O) groups excluding carboxylic acids is 1. The monoisotopic (exact) mass is 509 g/mol. The highest BCUT2D eigenvalue weighted by Gasteiger charge is 2.23. The van der Waals surface area contributed by atoms with Crippen molar-refractivity contribution in [3.63, 3.8) is 0 Å². The highest BCUT2D eigenvalue weighted by atomic mass is 35.5. The van der Waals surface area contributed by atoms with E-state index >= 15 is 0 Å². The third-order valence-electron chi connectivity index (χ3n) is 5.44. The van der Waals surface area contributed by atoms with E-state index in [9.17, 15) is 14.0 Å². The lowest BCUT2D eigenvalue weighted by Crippen LogP contribution is -2.29. The summed E-state index contributed by atoms with van der Waals surface area (Å²) in [7, 11) is 1.61. The summed E-state index contributed by atoms with van der Waals surface area (Å²) in [6.07, 6.45) is 1.61. The molecule has 0 saturated carbocycles. The van der Waals surface area contributed by atoms with Gasteiger partial charge in [0, 0.05) is 29.4 Å². The number of rotatable bonds is 6. The average molecular weight is 510 g/mol. The van der Waals surface area contributed by atoms with Gasteiger partial charge in [-0.1, -0.05) is 16.8 Å². The van der Waals surface area contributed by atoms with E-state index in [4.69, 9.17) is 11.6 Å². The lowest BCUT2D eigenvalue weighted by molar-refractivity contribution is 0.0942. The largest absolute Gasteiger partial charge is 0.386 e. The third kappa shape index (κ3) is 4.38. The van der Waals surface area contributed by atoms with Gasteiger partial charge in [-0.3, -0.25) is 14.2 Å². The number of aromatic nitrogens is 5. The van der Waals surface area contributed by atoms with Crippen LogP contribution in [0.2, 0.25) is 4.34 Å². The molecule has 0 radical (unpaired) electrons. The van der Waals surface area contributed by atoms with Crippen LogP contribution in [0.3, 0.4) is 0 Å². The quantitative estimate of drug-likeness (QED) is 0.319. The lowest BCUT2D eigenvalue weighted by Gasteiger charge is -2.14. The fraction of sp³-hybridized carbons (Fsp3) is 0.0870. The van der Waals surface area contributed by atoms with Gasteiger partial charge in [-0.2, -0.15) is 5.21 Å². The highest BCUT2D eigenvalue weighted by molar-refractivity contribution is 7.16. The molecule has 2 aromatic carbocycles. The predicted molar refractivity (Wildman–Crippen MR) is 132 cm³/mol. The van der Waals surface area contributed by atoms with Crippen LogP contribution >= 0.6 is 22.9 Å². The van der Waals surface area contributed by atoms with E-state index in [0.29, 0.717) is 32.5 Å². The van der Waals surface area contributed by atoms with Gasteiger partial charge in [-0.25, -0.2) is 4.39 Å². The molecule has 5 aromatic rings. The van der Waals surface area contributed by atoms with Crippen LogP contribution in [0.15, 0.2) is 65.6 Å². The molecule has 0 aliphatic rings. The number of amides is 1. The Bertz CT molecular complexity index is 1580. The van der Waals surface area contributed by atoms with Crippen LogP contribution in [0.25, 0.3) is 16.5 Å². The summed E-state index contributed by atoms with van der Waals surface area (Å²) >= 11 is 7.35. The molecular formula is C23H17ClFN7O2S. The molecule has 1 amide bonds. The van der Waals surface area contributed by atoms with Gasteiger partial charge in [0.1, 0.15) is 11.9 Å². The second kappa shape index (κ2) is 9.28. The van der Waals surface area contributed by atoms with Gasteiger partial charge in [-0.15, -0.1) is 21.5 Å². The van der Waals surface area contributed by atoms with E-state index < -0.39 is 11.9 Å². The molecule has 0 fully saturated rings. The van der Waals surface area contributed by atoms with Crippen LogP contribution < -0.4 is 16.2 Å². The van der Waals surface area contributed by atoms with Gasteiger partial charge < -0.3 is 10.6 Å². The van der Waals surface area contributed by atoms with Crippen molar-refractivity contribution in [1.29, 1.82) is 0 Å². The summed E-state index contributed by atoms with van der Waals surface area (Å²) in [6, 6.07) is 13.9. The zero-order valence-electron chi connectivity index (χ0n) is 18.1. The van der Waals surface area contributed by atoms with Crippen molar-refractivity contribution in [3.8, 4) is 5.69 Å². The number of aromatic amines is 1. The van der Waals surface area contributed by atoms with E-state index in [-0.39, 0.29) is 16.9 Å². The van der Waals surface area contributed by atoms with E-state index in [1.54, 1.807) is 61.8 Å². The Morgan fingerprint density at radius 1 is 1.17 bits per heavy atom. The van der Waals surface area contributed by atoms with E-state index in [1.807, 2.05) is 0 Å². The maximum atomic E-state index is 14.2. The number of fused-ring (bicyclic) bond motifs is 1. The molecule has 0 aliphatic carbocycles. The summed E-state index contributed by atoms with van der Waals surface area (Å²) in [4.78, 5) is 26.7. The summed E-state index contributed by atoms with van der Waals surface area (Å²) in [6.45, 7) is 0. The van der Waals surface area contributed by atoms with Crippen LogP contribution in [0.5, 0.6) is 0 Å². The molecule has 176 valence electrons. The summed E-state index contributed by atoms with van der Waals surface area (Å²) in [5.74, 6) is -0.585. The van der Waals surface area contributed by atoms with Gasteiger partial charge in [0.05, 0.1) is 15.4 Å². The zero-order valence-corrected chi connectivity index (χ0v) is 19.7. The van der Waals surface area contributed by atoms with Crippen LogP contribution in [-0.2, 0) is 0 Å². The van der Waals surface area contributed by atoms with Crippen molar-refractivity contribution in [2.24, 2.45) is 0 Å². The number of thiophene rings is 1. The van der Waals surface area contributed by atoms with Crippen molar-refractivity contribution in [1.82, 2.24) is 30.5 Å². The lowest BCUT2D eigenvalue weighted by atomic mass is 10.1. The minimum absolute atomic E-state index is 0.253. The molecule has 3 heterocycles. The maximum absolute atomic E-state index is 14.2. The number of nitrogens with zero attached hydrogens (tertiary/aromatic N) is 4. The van der Waals surface area contributed by atoms with Crippen molar-refractivity contribution < 1.29 is 9.18 Å². The molecule has 1 unspecified atom stereocenters. The number of H-pyrrole nitrogens is 1. The molecule has 35 heavy (non-hydrogen) atoms. The number of benzene rings is 2. The fourth-order valence-corrected chi connectivity index (χ4v) is 4.80. The predicted octanol–water partition coefficient (Wildman–Crippen LogP) is 3.92. The van der Waals surface area contributed by atoms with Crippen molar-refractivity contribution in [2.45, 2.75) is 6.04 Å². The molecule has 0 saturated heterocycles. The Labute approximate surface area is 206 Å². The van der Waals surface area contributed by atoms with Crippen LogP contribution in [0.1, 0.15) is 27.1 Å². The molecule has 0 spiro atoms. The molecule has 3 aromatic heterocycles. The number of hydrogen-bond donors (Lipinski definition) is 3. The number of hydrogen-bond acceptors (Lipinski definition) is 7. The Balaban J connectivity index is 1.42. The number of tetrazole rings is 1. The van der Waals surface area contributed by atoms with Crippen LogP contribution in [0.4, 0.5) is 10.1 Å². The van der Waals surface area contributed by atoms with Gasteiger partial charge in [0.25, 0.3) is 11.5 Å². The van der Waals surface area contributed by atoms with E-state index in [2.05, 4.69) is 31.3 Å². The molecule has 0 aliphatic heterocycles. The first-order valence-electron chi connectivity index (χ1n) is 10.4. The first-order chi connectivity index (χ1) is 16.9. The molecule has 0 bridgehead atoms. The standard InChI is InChI=1S/C23H17ClFN7O2S/c1-26-17-10-13-8-9-32(23(34)15(13)11-16(17)25)14-4-2-12(3-5-14)22(33)27-20(21-28-30-31-29-21)18-6-7-19(24)35-18/h2-11,20,26H,1H3,(H,27,33)(H,28,29,30,31). The van der Waals surface area contributed by atoms with Crippen LogP contribution in [0, 0.1) is 5.82 Å². The van der Waals surface area contributed by atoms with Crippen molar-refractivity contribution >= 4 is 45.3 Å². The Morgan fingerprint density at radius 3 is 2.63 bits per heavy atom. The van der Waals surface area contributed by atoms with Crippen molar-refractivity contribution in [3.05, 3.63) is 97.6 Å². The van der Waals surface area contributed by atoms with E-state index in [1.165, 1.54) is 22.0 Å². The molecule has 3 N–H and O–H groups in total. The average Bonchev–Trinajstić information content (AvgIpc) is 3.55. The fourth-order valence-electron chi connectivity index (χ4n) is 3.69. The smallest absolute Gasteiger partial charge is 0.263 e. The molecule has 1 atom stereocenters. The maximum Gasteiger partial charge on any atom is 0.263 e. The third-order valence-corrected chi connectivity index (χ3v) is 6.74. The topological polar surface area (TPSA) is 118 Å². The second-order valence-corrected chi connectivity index (χ2v) is 9.27. The Hall–Kier alpha value is -4.09. The minimum Gasteiger partial charge on any atom is -0.386 e. The number of carbonyl (C=O) groups is 1. The summed E-state index contributed by atoms with van der Waals surface area (Å²) < 4.78 is 16.2. The summed E-state index contributed by atoms with van der Waals surface area (Å²) in [5.41, 5.74) is 0.844. The molecule has 12 heteroatoms. The zero-order chi connectivity index (χ0) is 24.5. The summed E-state index contributed by atoms with van der Waals surface area (Å²) in [5, 5.41) is 20.5. The van der Waals surface area contributed by atoms with Gasteiger partial charge in [0.2, 0.25) is 5.82 Å². The Kier molecular flexibility index (Phi) is 6.01. The van der Waals surface area contributed by atoms with E-state index in [0.717, 1.165) is 4.88 Å². The first kappa shape index (κ1) is 22.7. The van der Waals surface area contributed by atoms with Gasteiger partial charge in [-0.05, 0) is 60.0 Å². The number of halogens is 2. The van der Waals surface area contributed by atoms with Crippen LogP contribution in [-0.4, -0.2) is 38.1 Å². The van der Waals surface area contributed by atoms with Crippen molar-refractivity contribution in [2.75, 3.05) is 12.4 Å².